The van der Waals surface area contributed by atoms with Gasteiger partial charge in [-0.3, -0.25) is 9.59 Å². The molecule has 0 fully saturated rings. The maximum atomic E-state index is 12.8. The maximum Gasteiger partial charge on any atom is 0.280 e. The fourth-order valence-electron chi connectivity index (χ4n) is 2.83. The number of hydrogen-bond donors (Lipinski definition) is 3. The van der Waals surface area contributed by atoms with Crippen molar-refractivity contribution >= 4 is 23.0 Å². The second-order valence-corrected chi connectivity index (χ2v) is 7.49. The molecule has 10 heteroatoms. The Morgan fingerprint density at radius 1 is 1.30 bits per heavy atom. The van der Waals surface area contributed by atoms with Gasteiger partial charge in [-0.15, -0.1) is 0 Å². The number of halogens is 2. The zero-order valence-electron chi connectivity index (χ0n) is 16.4. The first-order chi connectivity index (χ1) is 14.0. The van der Waals surface area contributed by atoms with Crippen molar-refractivity contribution in [2.24, 2.45) is 5.73 Å². The molecule has 3 heterocycles. The zero-order valence-corrected chi connectivity index (χ0v) is 16.4. The fraction of sp³-hybridized carbons (Fsp3) is 0.300. The highest BCUT2D eigenvalue weighted by atomic mass is 19.3. The van der Waals surface area contributed by atoms with Gasteiger partial charge in [-0.25, -0.2) is 18.3 Å². The second-order valence-electron chi connectivity index (χ2n) is 7.49. The Morgan fingerprint density at radius 3 is 2.67 bits per heavy atom. The predicted octanol–water partition coefficient (Wildman–Crippen LogP) is 2.72. The molecular formula is C20H21F2N5O3. The number of aliphatic hydroxyl groups is 1. The number of anilines is 1. The molecule has 30 heavy (non-hydrogen) atoms. The second kappa shape index (κ2) is 8.15. The van der Waals surface area contributed by atoms with E-state index in [-0.39, 0.29) is 16.9 Å². The average Bonchev–Trinajstić information content (AvgIpc) is 3.07. The molecule has 0 unspecified atom stereocenters. The maximum absolute atomic E-state index is 12.8. The van der Waals surface area contributed by atoms with Gasteiger partial charge in [0, 0.05) is 6.20 Å². The number of rotatable bonds is 7. The van der Waals surface area contributed by atoms with Crippen LogP contribution in [0.2, 0.25) is 0 Å². The molecule has 4 N–H and O–H groups in total. The Morgan fingerprint density at radius 2 is 2.03 bits per heavy atom. The summed E-state index contributed by atoms with van der Waals surface area (Å²) < 4.78 is 27.1. The van der Waals surface area contributed by atoms with Gasteiger partial charge in [0.15, 0.2) is 0 Å². The van der Waals surface area contributed by atoms with E-state index in [1.165, 1.54) is 28.9 Å². The van der Waals surface area contributed by atoms with E-state index < -0.39 is 29.5 Å². The lowest BCUT2D eigenvalue weighted by Crippen LogP contribution is -2.20. The first-order valence-corrected chi connectivity index (χ1v) is 9.14. The third-order valence-corrected chi connectivity index (χ3v) is 4.38. The van der Waals surface area contributed by atoms with E-state index in [1.807, 2.05) is 0 Å². The van der Waals surface area contributed by atoms with Gasteiger partial charge in [0.2, 0.25) is 0 Å². The van der Waals surface area contributed by atoms with Crippen molar-refractivity contribution in [2.45, 2.75) is 38.7 Å². The minimum absolute atomic E-state index is 0.00185. The normalized spacial score (nSPS) is 11.8. The fourth-order valence-corrected chi connectivity index (χ4v) is 2.83. The Labute approximate surface area is 170 Å². The topological polar surface area (TPSA) is 123 Å². The SMILES string of the molecule is CC(C)(O)CCc1cc2cc(NC(=O)c3cccc(C(F)F)n3)c(C(N)=O)cn2n1. The Kier molecular flexibility index (Phi) is 5.79. The van der Waals surface area contributed by atoms with Gasteiger partial charge in [-0.05, 0) is 51.0 Å². The molecule has 158 valence electrons. The summed E-state index contributed by atoms with van der Waals surface area (Å²) in [6.45, 7) is 3.39. The monoisotopic (exact) mass is 417 g/mol. The van der Waals surface area contributed by atoms with E-state index in [2.05, 4.69) is 15.4 Å². The molecule has 0 atom stereocenters. The number of amides is 2. The third-order valence-electron chi connectivity index (χ3n) is 4.38. The highest BCUT2D eigenvalue weighted by molar-refractivity contribution is 6.08. The summed E-state index contributed by atoms with van der Waals surface area (Å²) in [4.78, 5) is 28.0. The van der Waals surface area contributed by atoms with Crippen LogP contribution in [0, 0.1) is 0 Å². The summed E-state index contributed by atoms with van der Waals surface area (Å²) in [6, 6.07) is 6.96. The van der Waals surface area contributed by atoms with E-state index in [0.717, 1.165) is 6.07 Å². The van der Waals surface area contributed by atoms with Crippen LogP contribution in [0.5, 0.6) is 0 Å². The molecule has 0 aliphatic heterocycles. The molecule has 0 bridgehead atoms. The lowest BCUT2D eigenvalue weighted by molar-refractivity contribution is 0.0711. The molecular weight excluding hydrogens is 396 g/mol. The van der Waals surface area contributed by atoms with Crippen LogP contribution in [0.3, 0.4) is 0 Å². The van der Waals surface area contributed by atoms with Crippen molar-refractivity contribution in [3.8, 4) is 0 Å². The Balaban J connectivity index is 1.92. The number of alkyl halides is 2. The van der Waals surface area contributed by atoms with Gasteiger partial charge >= 0.3 is 0 Å². The van der Waals surface area contributed by atoms with Crippen molar-refractivity contribution in [2.75, 3.05) is 5.32 Å². The molecule has 0 saturated heterocycles. The smallest absolute Gasteiger partial charge is 0.280 e. The van der Waals surface area contributed by atoms with Crippen LogP contribution in [0.15, 0.2) is 36.5 Å². The van der Waals surface area contributed by atoms with E-state index in [0.29, 0.717) is 24.1 Å². The minimum Gasteiger partial charge on any atom is -0.390 e. The molecule has 0 radical (unpaired) electrons. The molecule has 3 aromatic heterocycles. The number of pyridine rings is 2. The van der Waals surface area contributed by atoms with Gasteiger partial charge in [0.05, 0.1) is 28.1 Å². The summed E-state index contributed by atoms with van der Waals surface area (Å²) >= 11 is 0. The lowest BCUT2D eigenvalue weighted by atomic mass is 10.0. The van der Waals surface area contributed by atoms with Gasteiger partial charge in [-0.1, -0.05) is 6.07 Å². The Hall–Kier alpha value is -3.40. The number of carbonyl (C=O) groups is 2. The summed E-state index contributed by atoms with van der Waals surface area (Å²) in [7, 11) is 0. The van der Waals surface area contributed by atoms with E-state index in [4.69, 9.17) is 5.73 Å². The van der Waals surface area contributed by atoms with Crippen LogP contribution in [-0.2, 0) is 6.42 Å². The number of fused-ring (bicyclic) bond motifs is 1. The number of hydrogen-bond acceptors (Lipinski definition) is 5. The van der Waals surface area contributed by atoms with Gasteiger partial charge in [0.25, 0.3) is 18.2 Å². The number of nitrogens with zero attached hydrogens (tertiary/aromatic N) is 3. The number of carbonyl (C=O) groups excluding carboxylic acids is 2. The molecule has 0 aliphatic rings. The molecule has 2 amide bonds. The largest absolute Gasteiger partial charge is 0.390 e. The average molecular weight is 417 g/mol. The molecule has 0 spiro atoms. The molecule has 0 aromatic carbocycles. The number of aryl methyl sites for hydroxylation is 1. The Bertz CT molecular complexity index is 1110. The molecule has 0 saturated carbocycles. The van der Waals surface area contributed by atoms with Crippen molar-refractivity contribution in [3.63, 3.8) is 0 Å². The molecule has 8 nitrogen and oxygen atoms in total. The molecule has 3 aromatic rings. The summed E-state index contributed by atoms with van der Waals surface area (Å²) in [5.74, 6) is -1.55. The van der Waals surface area contributed by atoms with Crippen molar-refractivity contribution in [3.05, 3.63) is 59.2 Å². The first kappa shape index (κ1) is 21.3. The number of nitrogens with one attached hydrogen (secondary N) is 1. The summed E-state index contributed by atoms with van der Waals surface area (Å²) in [5, 5.41) is 16.7. The number of nitrogens with two attached hydrogens (primary N) is 1. The molecule has 3 rings (SSSR count). The molecule has 0 aliphatic carbocycles. The zero-order chi connectivity index (χ0) is 22.1. The van der Waals surface area contributed by atoms with Crippen molar-refractivity contribution < 1.29 is 23.5 Å². The number of primary amides is 1. The lowest BCUT2D eigenvalue weighted by Gasteiger charge is -2.15. The van der Waals surface area contributed by atoms with Crippen LogP contribution in [-0.4, -0.2) is 37.1 Å². The first-order valence-electron chi connectivity index (χ1n) is 9.14. The van der Waals surface area contributed by atoms with Crippen LogP contribution in [0.4, 0.5) is 14.5 Å². The van der Waals surface area contributed by atoms with Crippen LogP contribution < -0.4 is 11.1 Å². The predicted molar refractivity (Wildman–Crippen MR) is 105 cm³/mol. The van der Waals surface area contributed by atoms with Crippen molar-refractivity contribution in [1.29, 1.82) is 0 Å². The highest BCUT2D eigenvalue weighted by Gasteiger charge is 2.18. The van der Waals surface area contributed by atoms with Crippen LogP contribution in [0.1, 0.15) is 58.9 Å². The van der Waals surface area contributed by atoms with Gasteiger partial charge < -0.3 is 16.2 Å². The quantitative estimate of drug-likeness (QED) is 0.546. The van der Waals surface area contributed by atoms with Crippen molar-refractivity contribution in [1.82, 2.24) is 14.6 Å². The summed E-state index contributed by atoms with van der Waals surface area (Å²) in [5.41, 5.74) is 5.20. The van der Waals surface area contributed by atoms with Crippen LogP contribution >= 0.6 is 0 Å². The third kappa shape index (κ3) is 4.95. The van der Waals surface area contributed by atoms with Gasteiger partial charge in [-0.2, -0.15) is 5.10 Å². The van der Waals surface area contributed by atoms with Gasteiger partial charge in [0.1, 0.15) is 11.4 Å². The minimum atomic E-state index is -2.82. The standard InChI is InChI=1S/C20H21F2N5O3/c1-20(2,30)7-6-11-8-12-9-16(13(18(23)28)10-27(12)26-11)25-19(29)15-5-3-4-14(24-15)17(21)22/h3-5,8-10,17,30H,6-7H2,1-2H3,(H2,23,28)(H,25,29). The van der Waals surface area contributed by atoms with E-state index in [1.54, 1.807) is 19.9 Å². The highest BCUT2D eigenvalue weighted by Crippen LogP contribution is 2.22. The van der Waals surface area contributed by atoms with Crippen LogP contribution in [0.25, 0.3) is 5.52 Å². The van der Waals surface area contributed by atoms with E-state index in [9.17, 15) is 23.5 Å². The van der Waals surface area contributed by atoms with E-state index >= 15 is 0 Å². The summed E-state index contributed by atoms with van der Waals surface area (Å²) in [6.07, 6.45) is -0.452. The number of aromatic nitrogens is 3.